The molecular formula is C7H6ClN3O3. The van der Waals surface area contributed by atoms with E-state index in [0.717, 1.165) is 0 Å². The molecule has 0 aliphatic carbocycles. The first kappa shape index (κ1) is 9.17. The highest BCUT2D eigenvalue weighted by Gasteiger charge is 2.12. The van der Waals surface area contributed by atoms with Gasteiger partial charge in [0.25, 0.3) is 11.2 Å². The molecule has 0 amide bonds. The molecule has 74 valence electrons. The lowest BCUT2D eigenvalue weighted by atomic mass is 10.4. The average Bonchev–Trinajstić information content (AvgIpc) is 2.74. The molecule has 2 aromatic heterocycles. The summed E-state index contributed by atoms with van der Waals surface area (Å²) in [5.41, 5.74) is 0.441. The normalized spacial score (nSPS) is 10.7. The van der Waals surface area contributed by atoms with Crippen molar-refractivity contribution < 1.29 is 13.8 Å². The molecular weight excluding hydrogens is 210 g/mol. The van der Waals surface area contributed by atoms with Gasteiger partial charge in [-0.1, -0.05) is 5.16 Å². The number of methoxy groups -OCH3 is 1. The van der Waals surface area contributed by atoms with Crippen LogP contribution in [0.3, 0.4) is 0 Å². The third kappa shape index (κ3) is 1.75. The van der Waals surface area contributed by atoms with Gasteiger partial charge in [-0.3, -0.25) is 0 Å². The van der Waals surface area contributed by atoms with Gasteiger partial charge in [-0.05, 0) is 16.8 Å². The molecule has 0 saturated carbocycles. The van der Waals surface area contributed by atoms with Crippen molar-refractivity contribution in [1.29, 1.82) is 0 Å². The Balaban J connectivity index is 2.24. The van der Waals surface area contributed by atoms with E-state index in [4.69, 9.17) is 25.4 Å². The summed E-state index contributed by atoms with van der Waals surface area (Å²) in [4.78, 5) is 3.78. The lowest BCUT2D eigenvalue weighted by molar-refractivity contribution is 0.156. The zero-order valence-electron chi connectivity index (χ0n) is 7.23. The Bertz CT molecular complexity index is 425. The maximum Gasteiger partial charge on any atom is 0.281 e. The van der Waals surface area contributed by atoms with Crippen LogP contribution in [0, 0.1) is 0 Å². The van der Waals surface area contributed by atoms with Crippen LogP contribution in [0.2, 0.25) is 5.28 Å². The number of hydrogen-bond donors (Lipinski definition) is 0. The number of halogens is 1. The fourth-order valence-electron chi connectivity index (χ4n) is 0.934. The molecule has 0 N–H and O–H groups in total. The highest BCUT2D eigenvalue weighted by atomic mass is 35.5. The monoisotopic (exact) mass is 215 g/mol. The van der Waals surface area contributed by atoms with Crippen LogP contribution in [0.5, 0.6) is 0 Å². The third-order valence-corrected chi connectivity index (χ3v) is 1.62. The first-order chi connectivity index (χ1) is 6.79. The van der Waals surface area contributed by atoms with Crippen LogP contribution in [-0.2, 0) is 11.3 Å². The molecule has 2 aromatic rings. The summed E-state index contributed by atoms with van der Waals surface area (Å²) < 4.78 is 14.6. The van der Waals surface area contributed by atoms with Crippen molar-refractivity contribution >= 4 is 11.6 Å². The number of ether oxygens (including phenoxy) is 1. The van der Waals surface area contributed by atoms with Gasteiger partial charge in [0.05, 0.1) is 0 Å². The predicted molar refractivity (Wildman–Crippen MR) is 45.5 cm³/mol. The predicted octanol–water partition coefficient (Wildman–Crippen LogP) is 1.52. The number of hydrogen-bond acceptors (Lipinski definition) is 6. The summed E-state index contributed by atoms with van der Waals surface area (Å²) in [5.74, 6) is 0.804. The van der Waals surface area contributed by atoms with E-state index in [1.54, 1.807) is 13.2 Å². The second-order valence-electron chi connectivity index (χ2n) is 2.48. The minimum absolute atomic E-state index is 0.0382. The lowest BCUT2D eigenvalue weighted by Crippen LogP contribution is -1.81. The molecule has 0 spiro atoms. The van der Waals surface area contributed by atoms with Gasteiger partial charge in [0.15, 0.2) is 11.5 Å². The molecule has 0 bridgehead atoms. The zero-order valence-corrected chi connectivity index (χ0v) is 7.98. The second kappa shape index (κ2) is 3.77. The first-order valence-electron chi connectivity index (χ1n) is 3.73. The van der Waals surface area contributed by atoms with Gasteiger partial charge in [-0.2, -0.15) is 4.98 Å². The molecule has 2 heterocycles. The maximum atomic E-state index is 5.48. The van der Waals surface area contributed by atoms with Gasteiger partial charge in [0.1, 0.15) is 6.61 Å². The van der Waals surface area contributed by atoms with E-state index in [1.165, 1.54) is 0 Å². The Labute approximate surface area is 83.8 Å². The fourth-order valence-corrected chi connectivity index (χ4v) is 1.04. The van der Waals surface area contributed by atoms with Crippen molar-refractivity contribution in [3.8, 4) is 11.6 Å². The standard InChI is InChI=1S/C7H6ClN3O3/c1-12-3-4-2-5(10-13-4)6-9-7(8)11-14-6/h2H,3H2,1H3. The van der Waals surface area contributed by atoms with Gasteiger partial charge < -0.3 is 13.8 Å². The van der Waals surface area contributed by atoms with Crippen LogP contribution < -0.4 is 0 Å². The Morgan fingerprint density at radius 2 is 2.29 bits per heavy atom. The zero-order chi connectivity index (χ0) is 9.97. The van der Waals surface area contributed by atoms with Crippen molar-refractivity contribution in [2.45, 2.75) is 6.61 Å². The van der Waals surface area contributed by atoms with Crippen LogP contribution >= 0.6 is 11.6 Å². The van der Waals surface area contributed by atoms with Crippen LogP contribution in [-0.4, -0.2) is 22.4 Å². The van der Waals surface area contributed by atoms with Crippen LogP contribution in [0.15, 0.2) is 15.1 Å². The molecule has 0 atom stereocenters. The van der Waals surface area contributed by atoms with E-state index in [0.29, 0.717) is 18.1 Å². The summed E-state index contributed by atoms with van der Waals surface area (Å²) in [7, 11) is 1.56. The molecule has 0 fully saturated rings. The summed E-state index contributed by atoms with van der Waals surface area (Å²) >= 11 is 5.48. The largest absolute Gasteiger partial charge is 0.377 e. The van der Waals surface area contributed by atoms with E-state index < -0.39 is 0 Å². The molecule has 2 rings (SSSR count). The van der Waals surface area contributed by atoms with Crippen LogP contribution in [0.1, 0.15) is 5.76 Å². The Morgan fingerprint density at radius 3 is 2.93 bits per heavy atom. The highest BCUT2D eigenvalue weighted by Crippen LogP contribution is 2.18. The summed E-state index contributed by atoms with van der Waals surface area (Å²) in [6.45, 7) is 0.342. The van der Waals surface area contributed by atoms with E-state index in [2.05, 4.69) is 15.3 Å². The van der Waals surface area contributed by atoms with E-state index >= 15 is 0 Å². The van der Waals surface area contributed by atoms with Crippen LogP contribution in [0.4, 0.5) is 0 Å². The van der Waals surface area contributed by atoms with E-state index in [1.807, 2.05) is 0 Å². The molecule has 0 unspecified atom stereocenters. The molecule has 0 radical (unpaired) electrons. The quantitative estimate of drug-likeness (QED) is 0.773. The topological polar surface area (TPSA) is 74.2 Å². The fraction of sp³-hybridized carbons (Fsp3) is 0.286. The average molecular weight is 216 g/mol. The molecule has 0 aromatic carbocycles. The third-order valence-electron chi connectivity index (χ3n) is 1.47. The summed E-state index contributed by atoms with van der Waals surface area (Å²) in [6.07, 6.45) is 0. The van der Waals surface area contributed by atoms with Gasteiger partial charge in [0.2, 0.25) is 0 Å². The first-order valence-corrected chi connectivity index (χ1v) is 4.11. The van der Waals surface area contributed by atoms with Crippen molar-refractivity contribution in [3.05, 3.63) is 17.1 Å². The summed E-state index contributed by atoms with van der Waals surface area (Å²) in [5, 5.41) is 7.16. The smallest absolute Gasteiger partial charge is 0.281 e. The van der Waals surface area contributed by atoms with E-state index in [9.17, 15) is 0 Å². The molecule has 0 aliphatic heterocycles. The Morgan fingerprint density at radius 1 is 1.43 bits per heavy atom. The van der Waals surface area contributed by atoms with Gasteiger partial charge in [0, 0.05) is 13.2 Å². The van der Waals surface area contributed by atoms with Crippen LogP contribution in [0.25, 0.3) is 11.6 Å². The Hall–Kier alpha value is -1.40. The van der Waals surface area contributed by atoms with Gasteiger partial charge in [-0.15, -0.1) is 0 Å². The van der Waals surface area contributed by atoms with Crippen molar-refractivity contribution in [3.63, 3.8) is 0 Å². The second-order valence-corrected chi connectivity index (χ2v) is 2.82. The number of nitrogens with zero attached hydrogens (tertiary/aromatic N) is 3. The van der Waals surface area contributed by atoms with Gasteiger partial charge >= 0.3 is 0 Å². The maximum absolute atomic E-state index is 5.48. The minimum atomic E-state index is 0.0382. The molecule has 7 heteroatoms. The molecule has 0 saturated heterocycles. The van der Waals surface area contributed by atoms with Crippen molar-refractivity contribution in [2.75, 3.05) is 7.11 Å². The highest BCUT2D eigenvalue weighted by molar-refractivity contribution is 6.28. The SMILES string of the molecule is COCc1cc(-c2nc(Cl)no2)no1. The lowest BCUT2D eigenvalue weighted by Gasteiger charge is -1.87. The van der Waals surface area contributed by atoms with Gasteiger partial charge in [-0.25, -0.2) is 0 Å². The molecule has 14 heavy (non-hydrogen) atoms. The van der Waals surface area contributed by atoms with Crippen molar-refractivity contribution in [1.82, 2.24) is 15.3 Å². The number of rotatable bonds is 3. The molecule has 0 aliphatic rings. The summed E-state index contributed by atoms with van der Waals surface area (Å²) in [6, 6.07) is 1.65. The van der Waals surface area contributed by atoms with Crippen molar-refractivity contribution in [2.24, 2.45) is 0 Å². The Kier molecular flexibility index (Phi) is 2.47. The van der Waals surface area contributed by atoms with E-state index in [-0.39, 0.29) is 11.2 Å². The minimum Gasteiger partial charge on any atom is -0.377 e. The number of aromatic nitrogens is 3. The molecule has 6 nitrogen and oxygen atoms in total.